The maximum atomic E-state index is 11.9. The van der Waals surface area contributed by atoms with Crippen LogP contribution in [0.2, 0.25) is 0 Å². The first-order valence-electron chi connectivity index (χ1n) is 7.32. The Hall–Kier alpha value is -2.47. The van der Waals surface area contributed by atoms with Crippen molar-refractivity contribution >= 4 is 28.8 Å². The number of aryl methyl sites for hydroxylation is 2. The molecule has 23 heavy (non-hydrogen) atoms. The van der Waals surface area contributed by atoms with Crippen LogP contribution < -0.4 is 16.6 Å². The number of carbonyl (C=O) groups is 1. The molecule has 0 fully saturated rings. The van der Waals surface area contributed by atoms with E-state index >= 15 is 0 Å². The molecule has 0 saturated heterocycles. The van der Waals surface area contributed by atoms with Gasteiger partial charge in [0.05, 0.1) is 0 Å². The molecule has 3 N–H and O–H groups in total. The quantitative estimate of drug-likeness (QED) is 0.797. The molecule has 0 bridgehead atoms. The third-order valence-electron chi connectivity index (χ3n) is 3.39. The molecule has 2 aromatic rings. The highest BCUT2D eigenvalue weighted by Gasteiger charge is 2.04. The minimum Gasteiger partial charge on any atom is -0.389 e. The topological polar surface area (TPSA) is 77.1 Å². The number of benzene rings is 1. The lowest BCUT2D eigenvalue weighted by molar-refractivity contribution is -0.116. The van der Waals surface area contributed by atoms with Gasteiger partial charge in [-0.3, -0.25) is 9.59 Å². The first-order chi connectivity index (χ1) is 11.0. The lowest BCUT2D eigenvalue weighted by Gasteiger charge is -2.08. The molecule has 5 nitrogen and oxygen atoms in total. The van der Waals surface area contributed by atoms with Gasteiger partial charge in [-0.1, -0.05) is 18.3 Å². The van der Waals surface area contributed by atoms with Gasteiger partial charge < -0.3 is 15.6 Å². The number of hydrogen-bond acceptors (Lipinski definition) is 3. The highest BCUT2D eigenvalue weighted by molar-refractivity contribution is 7.80. The van der Waals surface area contributed by atoms with Crippen molar-refractivity contribution in [3.05, 3.63) is 64.1 Å². The first kappa shape index (κ1) is 16.9. The lowest BCUT2D eigenvalue weighted by atomic mass is 10.2. The minimum absolute atomic E-state index is 0.0515. The number of pyridine rings is 1. The van der Waals surface area contributed by atoms with Crippen LogP contribution in [-0.2, 0) is 11.3 Å². The molecule has 0 saturated carbocycles. The van der Waals surface area contributed by atoms with Gasteiger partial charge in [0.15, 0.2) is 0 Å². The van der Waals surface area contributed by atoms with Crippen LogP contribution in [0.5, 0.6) is 0 Å². The number of nitrogens with two attached hydrogens (primary N) is 1. The minimum atomic E-state index is -0.0891. The first-order valence-corrected chi connectivity index (χ1v) is 7.73. The number of hydrogen-bond donors (Lipinski definition) is 2. The Bertz CT molecular complexity index is 766. The van der Waals surface area contributed by atoms with E-state index in [-0.39, 0.29) is 11.5 Å². The average Bonchev–Trinajstić information content (AvgIpc) is 2.51. The summed E-state index contributed by atoms with van der Waals surface area (Å²) >= 11 is 4.88. The van der Waals surface area contributed by atoms with Crippen molar-refractivity contribution in [2.24, 2.45) is 5.73 Å². The Morgan fingerprint density at radius 3 is 2.57 bits per heavy atom. The molecule has 0 aliphatic rings. The second-order valence-electron chi connectivity index (χ2n) is 5.33. The molecule has 1 aromatic heterocycles. The Kier molecular flexibility index (Phi) is 5.65. The van der Waals surface area contributed by atoms with Crippen molar-refractivity contribution in [1.29, 1.82) is 0 Å². The van der Waals surface area contributed by atoms with E-state index in [4.69, 9.17) is 18.0 Å². The van der Waals surface area contributed by atoms with Gasteiger partial charge >= 0.3 is 0 Å². The van der Waals surface area contributed by atoms with E-state index in [2.05, 4.69) is 5.32 Å². The SMILES string of the molecule is Cc1ccc(=O)n(CCCC(=O)Nc2ccc(C(N)=S)cc2)c1. The summed E-state index contributed by atoms with van der Waals surface area (Å²) in [6.45, 7) is 2.45. The summed E-state index contributed by atoms with van der Waals surface area (Å²) in [5, 5.41) is 2.81. The average molecular weight is 329 g/mol. The van der Waals surface area contributed by atoms with Gasteiger partial charge in [0.2, 0.25) is 5.91 Å². The van der Waals surface area contributed by atoms with E-state index in [0.717, 1.165) is 11.1 Å². The van der Waals surface area contributed by atoms with Gasteiger partial charge in [0.1, 0.15) is 4.99 Å². The van der Waals surface area contributed by atoms with Crippen molar-refractivity contribution in [3.8, 4) is 0 Å². The fraction of sp³-hybridized carbons (Fsp3) is 0.235. The van der Waals surface area contributed by atoms with E-state index in [1.54, 1.807) is 47.2 Å². The monoisotopic (exact) mass is 329 g/mol. The van der Waals surface area contributed by atoms with Crippen LogP contribution in [-0.4, -0.2) is 15.5 Å². The lowest BCUT2D eigenvalue weighted by Crippen LogP contribution is -2.20. The molecule has 0 aliphatic carbocycles. The number of nitrogens with one attached hydrogen (secondary N) is 1. The highest BCUT2D eigenvalue weighted by Crippen LogP contribution is 2.10. The van der Waals surface area contributed by atoms with E-state index in [0.29, 0.717) is 30.1 Å². The predicted octanol–water partition coefficient (Wildman–Crippen LogP) is 2.21. The summed E-state index contributed by atoms with van der Waals surface area (Å²) < 4.78 is 1.62. The number of rotatable bonds is 6. The fourth-order valence-corrected chi connectivity index (χ4v) is 2.31. The molecule has 2 rings (SSSR count). The molecule has 1 aromatic carbocycles. The van der Waals surface area contributed by atoms with E-state index < -0.39 is 0 Å². The van der Waals surface area contributed by atoms with Crippen LogP contribution >= 0.6 is 12.2 Å². The Morgan fingerprint density at radius 1 is 1.22 bits per heavy atom. The molecule has 0 aliphatic heterocycles. The van der Waals surface area contributed by atoms with Gasteiger partial charge in [-0.25, -0.2) is 0 Å². The summed E-state index contributed by atoms with van der Waals surface area (Å²) in [7, 11) is 0. The van der Waals surface area contributed by atoms with Gasteiger partial charge in [-0.15, -0.1) is 0 Å². The number of amides is 1. The molecule has 1 heterocycles. The number of carbonyl (C=O) groups excluding carboxylic acids is 1. The van der Waals surface area contributed by atoms with Crippen molar-refractivity contribution in [3.63, 3.8) is 0 Å². The van der Waals surface area contributed by atoms with Gasteiger partial charge in [0.25, 0.3) is 5.56 Å². The van der Waals surface area contributed by atoms with Gasteiger partial charge in [-0.2, -0.15) is 0 Å². The van der Waals surface area contributed by atoms with E-state index in [9.17, 15) is 9.59 Å². The van der Waals surface area contributed by atoms with Crippen molar-refractivity contribution in [2.45, 2.75) is 26.3 Å². The Morgan fingerprint density at radius 2 is 1.91 bits per heavy atom. The maximum absolute atomic E-state index is 11.9. The van der Waals surface area contributed by atoms with Crippen LogP contribution in [0.4, 0.5) is 5.69 Å². The summed E-state index contributed by atoms with van der Waals surface area (Å²) in [6, 6.07) is 10.4. The van der Waals surface area contributed by atoms with E-state index in [1.165, 1.54) is 0 Å². The van der Waals surface area contributed by atoms with Crippen LogP contribution in [0.15, 0.2) is 47.4 Å². The molecule has 0 unspecified atom stereocenters. The fourth-order valence-electron chi connectivity index (χ4n) is 2.18. The molecule has 1 amide bonds. The summed E-state index contributed by atoms with van der Waals surface area (Å²) in [5.41, 5.74) is 7.95. The number of aromatic nitrogens is 1. The molecule has 0 atom stereocenters. The van der Waals surface area contributed by atoms with Crippen LogP contribution in [0.25, 0.3) is 0 Å². The summed E-state index contributed by atoms with van der Waals surface area (Å²) in [5.74, 6) is -0.0891. The second-order valence-corrected chi connectivity index (χ2v) is 5.77. The standard InChI is InChI=1S/C17H19N3O2S/c1-12-4-9-16(22)20(11-12)10-2-3-15(21)19-14-7-5-13(6-8-14)17(18)23/h4-9,11H,2-3,10H2,1H3,(H2,18,23)(H,19,21). The normalized spacial score (nSPS) is 10.3. The molecular formula is C17H19N3O2S. The van der Waals surface area contributed by atoms with Crippen LogP contribution in [0.1, 0.15) is 24.0 Å². The summed E-state index contributed by atoms with van der Waals surface area (Å²) in [4.78, 5) is 23.9. The van der Waals surface area contributed by atoms with Crippen molar-refractivity contribution in [2.75, 3.05) is 5.32 Å². The zero-order chi connectivity index (χ0) is 16.8. The second kappa shape index (κ2) is 7.69. The van der Waals surface area contributed by atoms with Gasteiger partial charge in [-0.05, 0) is 43.2 Å². The van der Waals surface area contributed by atoms with Crippen molar-refractivity contribution in [1.82, 2.24) is 4.57 Å². The smallest absolute Gasteiger partial charge is 0.250 e. The zero-order valence-electron chi connectivity index (χ0n) is 12.9. The molecular weight excluding hydrogens is 310 g/mol. The molecule has 120 valence electrons. The third kappa shape index (κ3) is 5.03. The summed E-state index contributed by atoms with van der Waals surface area (Å²) in [6.07, 6.45) is 2.74. The molecule has 0 radical (unpaired) electrons. The number of anilines is 1. The van der Waals surface area contributed by atoms with E-state index in [1.807, 2.05) is 6.92 Å². The molecule has 6 heteroatoms. The van der Waals surface area contributed by atoms with Gasteiger partial charge in [0, 0.05) is 36.5 Å². The maximum Gasteiger partial charge on any atom is 0.250 e. The highest BCUT2D eigenvalue weighted by atomic mass is 32.1. The Balaban J connectivity index is 1.84. The van der Waals surface area contributed by atoms with Crippen molar-refractivity contribution < 1.29 is 4.79 Å². The number of nitrogens with zero attached hydrogens (tertiary/aromatic N) is 1. The number of thiocarbonyl (C=S) groups is 1. The largest absolute Gasteiger partial charge is 0.389 e. The van der Waals surface area contributed by atoms with Crippen LogP contribution in [0.3, 0.4) is 0 Å². The Labute approximate surface area is 140 Å². The zero-order valence-corrected chi connectivity index (χ0v) is 13.7. The third-order valence-corrected chi connectivity index (χ3v) is 3.62. The molecule has 0 spiro atoms. The van der Waals surface area contributed by atoms with Crippen LogP contribution in [0, 0.1) is 6.92 Å². The predicted molar refractivity (Wildman–Crippen MR) is 95.6 cm³/mol.